The van der Waals surface area contributed by atoms with E-state index >= 15 is 0 Å². The van der Waals surface area contributed by atoms with Crippen LogP contribution in [0.3, 0.4) is 0 Å². The minimum Gasteiger partial charge on any atom is -0.507 e. The van der Waals surface area contributed by atoms with Gasteiger partial charge in [-0.15, -0.1) is 0 Å². The van der Waals surface area contributed by atoms with Crippen molar-refractivity contribution in [2.45, 2.75) is 32.7 Å². The van der Waals surface area contributed by atoms with E-state index in [9.17, 15) is 9.90 Å². The summed E-state index contributed by atoms with van der Waals surface area (Å²) in [5, 5.41) is 9.72. The van der Waals surface area contributed by atoms with E-state index in [1.807, 2.05) is 0 Å². The zero-order valence-electron chi connectivity index (χ0n) is 9.53. The van der Waals surface area contributed by atoms with E-state index in [0.29, 0.717) is 17.9 Å². The number of rotatable bonds is 2. The highest BCUT2D eigenvalue weighted by atomic mass is 16.4. The molecular formula is C12H17NO3. The number of aryl methyl sites for hydroxylation is 1. The molecule has 1 aromatic heterocycles. The average Bonchev–Trinajstić information content (AvgIpc) is 2.25. The minimum atomic E-state index is -0.414. The molecule has 1 fully saturated rings. The lowest BCUT2D eigenvalue weighted by atomic mass is 10.1. The number of piperidine rings is 1. The molecule has 0 aromatic carbocycles. The summed E-state index contributed by atoms with van der Waals surface area (Å²) < 4.78 is 4.99. The van der Waals surface area contributed by atoms with Crippen LogP contribution in [0.1, 0.15) is 30.6 Å². The van der Waals surface area contributed by atoms with Crippen LogP contribution in [0.4, 0.5) is 0 Å². The van der Waals surface area contributed by atoms with Gasteiger partial charge >= 0.3 is 5.63 Å². The molecule has 1 saturated heterocycles. The second-order valence-corrected chi connectivity index (χ2v) is 4.35. The average molecular weight is 223 g/mol. The van der Waals surface area contributed by atoms with Gasteiger partial charge in [-0.25, -0.2) is 4.79 Å². The van der Waals surface area contributed by atoms with E-state index in [-0.39, 0.29) is 5.75 Å². The number of hydrogen-bond acceptors (Lipinski definition) is 4. The SMILES string of the molecule is Cc1cc(O)c(CN2CCCCC2)c(=O)o1. The van der Waals surface area contributed by atoms with Crippen LogP contribution in [0.2, 0.25) is 0 Å². The molecule has 4 heteroatoms. The number of nitrogens with zero attached hydrogens (tertiary/aromatic N) is 1. The summed E-state index contributed by atoms with van der Waals surface area (Å²) in [6, 6.07) is 1.50. The van der Waals surface area contributed by atoms with Gasteiger partial charge in [0.05, 0.1) is 5.56 Å². The van der Waals surface area contributed by atoms with Crippen molar-refractivity contribution in [2.75, 3.05) is 13.1 Å². The second-order valence-electron chi connectivity index (χ2n) is 4.35. The standard InChI is InChI=1S/C12H17NO3/c1-9-7-11(14)10(12(15)16-9)8-13-5-3-2-4-6-13/h7,14H,2-6,8H2,1H3. The Morgan fingerprint density at radius 3 is 2.69 bits per heavy atom. The van der Waals surface area contributed by atoms with Crippen molar-refractivity contribution in [3.63, 3.8) is 0 Å². The smallest absolute Gasteiger partial charge is 0.344 e. The lowest BCUT2D eigenvalue weighted by molar-refractivity contribution is 0.215. The summed E-state index contributed by atoms with van der Waals surface area (Å²) in [7, 11) is 0. The maximum absolute atomic E-state index is 11.6. The molecule has 1 aliphatic rings. The maximum Gasteiger partial charge on any atom is 0.344 e. The first kappa shape index (κ1) is 11.2. The fraction of sp³-hybridized carbons (Fsp3) is 0.583. The zero-order valence-corrected chi connectivity index (χ0v) is 9.53. The van der Waals surface area contributed by atoms with Gasteiger partial charge in [0.15, 0.2) is 0 Å². The third kappa shape index (κ3) is 2.44. The largest absolute Gasteiger partial charge is 0.507 e. The Kier molecular flexibility index (Phi) is 3.29. The van der Waals surface area contributed by atoms with Gasteiger partial charge in [-0.2, -0.15) is 0 Å². The molecule has 0 aliphatic carbocycles. The molecule has 16 heavy (non-hydrogen) atoms. The van der Waals surface area contributed by atoms with Gasteiger partial charge in [0.25, 0.3) is 0 Å². The third-order valence-corrected chi connectivity index (χ3v) is 2.98. The number of hydrogen-bond donors (Lipinski definition) is 1. The molecule has 0 saturated carbocycles. The Hall–Kier alpha value is -1.29. The van der Waals surface area contributed by atoms with Gasteiger partial charge in [0.1, 0.15) is 11.5 Å². The Balaban J connectivity index is 2.17. The van der Waals surface area contributed by atoms with Crippen LogP contribution < -0.4 is 5.63 Å². The molecule has 1 N–H and O–H groups in total. The van der Waals surface area contributed by atoms with Gasteiger partial charge in [-0.1, -0.05) is 6.42 Å². The van der Waals surface area contributed by atoms with Crippen molar-refractivity contribution in [1.82, 2.24) is 4.90 Å². The van der Waals surface area contributed by atoms with Crippen LogP contribution >= 0.6 is 0 Å². The maximum atomic E-state index is 11.6. The van der Waals surface area contributed by atoms with E-state index < -0.39 is 5.63 Å². The van der Waals surface area contributed by atoms with Crippen LogP contribution in [0.15, 0.2) is 15.3 Å². The monoisotopic (exact) mass is 223 g/mol. The molecule has 2 heterocycles. The van der Waals surface area contributed by atoms with Crippen molar-refractivity contribution in [2.24, 2.45) is 0 Å². The molecule has 0 atom stereocenters. The molecule has 0 amide bonds. The predicted octanol–water partition coefficient (Wildman–Crippen LogP) is 1.64. The van der Waals surface area contributed by atoms with Gasteiger partial charge in [-0.3, -0.25) is 4.90 Å². The summed E-state index contributed by atoms with van der Waals surface area (Å²) in [6.07, 6.45) is 3.58. The molecule has 0 spiro atoms. The van der Waals surface area contributed by atoms with E-state index in [1.165, 1.54) is 12.5 Å². The van der Waals surface area contributed by atoms with Crippen molar-refractivity contribution in [3.05, 3.63) is 27.8 Å². The molecule has 88 valence electrons. The first-order valence-electron chi connectivity index (χ1n) is 5.72. The Morgan fingerprint density at radius 2 is 2.06 bits per heavy atom. The van der Waals surface area contributed by atoms with Gasteiger partial charge < -0.3 is 9.52 Å². The van der Waals surface area contributed by atoms with Gasteiger partial charge in [-0.05, 0) is 32.9 Å². The molecule has 0 unspecified atom stereocenters. The van der Waals surface area contributed by atoms with E-state index in [4.69, 9.17) is 4.42 Å². The summed E-state index contributed by atoms with van der Waals surface area (Å²) in [6.45, 7) is 4.14. The summed E-state index contributed by atoms with van der Waals surface area (Å²) in [5.74, 6) is 0.504. The highest BCUT2D eigenvalue weighted by Crippen LogP contribution is 2.18. The highest BCUT2D eigenvalue weighted by molar-refractivity contribution is 5.29. The minimum absolute atomic E-state index is 0.0549. The third-order valence-electron chi connectivity index (χ3n) is 2.98. The quantitative estimate of drug-likeness (QED) is 0.828. The second kappa shape index (κ2) is 4.70. The van der Waals surface area contributed by atoms with Gasteiger partial charge in [0.2, 0.25) is 0 Å². The van der Waals surface area contributed by atoms with Crippen molar-refractivity contribution < 1.29 is 9.52 Å². The summed E-state index contributed by atoms with van der Waals surface area (Å²) in [5.41, 5.74) is -0.0319. The zero-order chi connectivity index (χ0) is 11.5. The Labute approximate surface area is 94.5 Å². The van der Waals surface area contributed by atoms with Crippen molar-refractivity contribution >= 4 is 0 Å². The number of likely N-dealkylation sites (tertiary alicyclic amines) is 1. The first-order valence-corrected chi connectivity index (χ1v) is 5.72. The van der Waals surface area contributed by atoms with Crippen LogP contribution in [0.5, 0.6) is 5.75 Å². The van der Waals surface area contributed by atoms with Gasteiger partial charge in [0, 0.05) is 12.6 Å². The van der Waals surface area contributed by atoms with Crippen LogP contribution in [0.25, 0.3) is 0 Å². The van der Waals surface area contributed by atoms with Crippen molar-refractivity contribution in [1.29, 1.82) is 0 Å². The lowest BCUT2D eigenvalue weighted by Crippen LogP contribution is -2.31. The Morgan fingerprint density at radius 1 is 1.38 bits per heavy atom. The molecule has 2 rings (SSSR count). The molecular weight excluding hydrogens is 206 g/mol. The first-order chi connectivity index (χ1) is 7.66. The van der Waals surface area contributed by atoms with E-state index in [1.54, 1.807) is 6.92 Å². The number of aromatic hydroxyl groups is 1. The molecule has 4 nitrogen and oxygen atoms in total. The van der Waals surface area contributed by atoms with Crippen LogP contribution in [0, 0.1) is 6.92 Å². The summed E-state index contributed by atoms with van der Waals surface area (Å²) in [4.78, 5) is 13.8. The topological polar surface area (TPSA) is 53.7 Å². The molecule has 0 bridgehead atoms. The van der Waals surface area contributed by atoms with Crippen LogP contribution in [-0.2, 0) is 6.54 Å². The highest BCUT2D eigenvalue weighted by Gasteiger charge is 2.16. The fourth-order valence-electron chi connectivity index (χ4n) is 2.11. The fourth-order valence-corrected chi connectivity index (χ4v) is 2.11. The molecule has 0 radical (unpaired) electrons. The molecule has 1 aliphatic heterocycles. The molecule has 1 aromatic rings. The van der Waals surface area contributed by atoms with Crippen molar-refractivity contribution in [3.8, 4) is 5.75 Å². The van der Waals surface area contributed by atoms with E-state index in [2.05, 4.69) is 4.90 Å². The summed E-state index contributed by atoms with van der Waals surface area (Å²) >= 11 is 0. The predicted molar refractivity (Wildman–Crippen MR) is 60.5 cm³/mol. The van der Waals surface area contributed by atoms with E-state index in [0.717, 1.165) is 25.9 Å². The lowest BCUT2D eigenvalue weighted by Gasteiger charge is -2.26. The Bertz CT molecular complexity index is 419. The van der Waals surface area contributed by atoms with Crippen LogP contribution in [-0.4, -0.2) is 23.1 Å². The normalized spacial score (nSPS) is 17.6.